The van der Waals surface area contributed by atoms with Gasteiger partial charge in [0.05, 0.1) is 6.10 Å². The fraction of sp³-hybridized carbons (Fsp3) is 0.684. The molecular weight excluding hydrogens is 288 g/mol. The summed E-state index contributed by atoms with van der Waals surface area (Å²) in [4.78, 5) is 0. The topological polar surface area (TPSA) is 29.5 Å². The molecule has 2 nitrogen and oxygen atoms in total. The smallest absolute Gasteiger partial charge is 0.200 e. The number of hydrogen-bond acceptors (Lipinski definition) is 2. The molecule has 0 unspecified atom stereocenters. The third-order valence-electron chi connectivity index (χ3n) is 5.24. The molecule has 0 spiro atoms. The molecule has 1 aromatic rings. The second-order valence-corrected chi connectivity index (χ2v) is 13.0. The summed E-state index contributed by atoms with van der Waals surface area (Å²) in [5.41, 5.74) is 1.49. The zero-order valence-electron chi connectivity index (χ0n) is 15.6. The van der Waals surface area contributed by atoms with Crippen LogP contribution in [0.1, 0.15) is 61.0 Å². The van der Waals surface area contributed by atoms with Gasteiger partial charge in [-0.3, -0.25) is 0 Å². The lowest BCUT2D eigenvalue weighted by Gasteiger charge is -2.46. The Labute approximate surface area is 138 Å². The number of aliphatic hydroxyl groups is 1. The lowest BCUT2D eigenvalue weighted by atomic mass is 9.91. The highest BCUT2D eigenvalue weighted by Crippen LogP contribution is 2.44. The van der Waals surface area contributed by atoms with Gasteiger partial charge in [-0.15, -0.1) is 0 Å². The predicted molar refractivity (Wildman–Crippen MR) is 97.6 cm³/mol. The Morgan fingerprint density at radius 1 is 0.864 bits per heavy atom. The first-order chi connectivity index (χ1) is 10.1. The lowest BCUT2D eigenvalue weighted by Crippen LogP contribution is -2.53. The van der Waals surface area contributed by atoms with Gasteiger partial charge in [-0.2, -0.15) is 0 Å². The molecular formula is C19H34O2Si. The van der Waals surface area contributed by atoms with Gasteiger partial charge < -0.3 is 9.53 Å². The van der Waals surface area contributed by atoms with E-state index in [2.05, 4.69) is 41.5 Å². The Hall–Kier alpha value is -0.643. The van der Waals surface area contributed by atoms with Crippen LogP contribution in [0.2, 0.25) is 16.6 Å². The average molecular weight is 323 g/mol. The van der Waals surface area contributed by atoms with Crippen LogP contribution in [0, 0.1) is 0 Å². The Morgan fingerprint density at radius 2 is 1.27 bits per heavy atom. The van der Waals surface area contributed by atoms with E-state index in [0.717, 1.165) is 5.56 Å². The van der Waals surface area contributed by atoms with E-state index in [4.69, 9.17) is 4.43 Å². The van der Waals surface area contributed by atoms with E-state index in [9.17, 15) is 5.11 Å². The zero-order chi connectivity index (χ0) is 17.1. The molecule has 2 atom stereocenters. The summed E-state index contributed by atoms with van der Waals surface area (Å²) in [7, 11) is -1.99. The summed E-state index contributed by atoms with van der Waals surface area (Å²) in [6.07, 6.45) is -0.228. The van der Waals surface area contributed by atoms with Gasteiger partial charge in [0.1, 0.15) is 5.60 Å². The third kappa shape index (κ3) is 3.64. The standard InChI is InChI=1S/C19H34O2Si/c1-14(2)22(15(3)4,16(5)6)21-17(7)19(8,20)18-12-10-9-11-13-18/h9-17,20H,1-8H3/t17-,19-/m1/s1. The molecule has 0 heterocycles. The monoisotopic (exact) mass is 322 g/mol. The number of rotatable bonds is 7. The largest absolute Gasteiger partial charge is 0.410 e. The van der Waals surface area contributed by atoms with Crippen LogP contribution < -0.4 is 0 Å². The zero-order valence-corrected chi connectivity index (χ0v) is 16.6. The average Bonchev–Trinajstić information content (AvgIpc) is 2.44. The van der Waals surface area contributed by atoms with Crippen LogP contribution in [0.5, 0.6) is 0 Å². The molecule has 1 N–H and O–H groups in total. The second kappa shape index (κ2) is 7.29. The van der Waals surface area contributed by atoms with E-state index >= 15 is 0 Å². The molecule has 3 heteroatoms. The molecule has 0 radical (unpaired) electrons. The molecule has 0 aliphatic rings. The van der Waals surface area contributed by atoms with Gasteiger partial charge in [0.25, 0.3) is 0 Å². The number of hydrogen-bond donors (Lipinski definition) is 1. The van der Waals surface area contributed by atoms with Gasteiger partial charge in [-0.25, -0.2) is 0 Å². The van der Waals surface area contributed by atoms with Crippen molar-refractivity contribution in [3.63, 3.8) is 0 Å². The van der Waals surface area contributed by atoms with Crippen LogP contribution in [-0.4, -0.2) is 19.5 Å². The summed E-state index contributed by atoms with van der Waals surface area (Å²) in [6, 6.07) is 9.86. The molecule has 0 amide bonds. The van der Waals surface area contributed by atoms with E-state index < -0.39 is 13.9 Å². The maximum absolute atomic E-state index is 11.1. The fourth-order valence-electron chi connectivity index (χ4n) is 3.84. The van der Waals surface area contributed by atoms with Crippen molar-refractivity contribution < 1.29 is 9.53 Å². The van der Waals surface area contributed by atoms with Crippen molar-refractivity contribution in [2.45, 2.75) is 83.7 Å². The van der Waals surface area contributed by atoms with Crippen LogP contribution in [0.4, 0.5) is 0 Å². The normalized spacial score (nSPS) is 17.1. The SMILES string of the molecule is CC(C)[Si](O[C@H](C)[C@@](C)(O)c1ccccc1)(C(C)C)C(C)C. The van der Waals surface area contributed by atoms with Crippen molar-refractivity contribution in [1.29, 1.82) is 0 Å². The van der Waals surface area contributed by atoms with Gasteiger partial charge in [-0.05, 0) is 36.0 Å². The first-order valence-corrected chi connectivity index (χ1v) is 10.7. The first kappa shape index (κ1) is 19.4. The quantitative estimate of drug-likeness (QED) is 0.674. The molecule has 0 aromatic heterocycles. The van der Waals surface area contributed by atoms with E-state index in [1.165, 1.54) is 0 Å². The third-order valence-corrected chi connectivity index (χ3v) is 11.4. The van der Waals surface area contributed by atoms with Crippen molar-refractivity contribution in [1.82, 2.24) is 0 Å². The summed E-state index contributed by atoms with van der Waals surface area (Å²) in [5.74, 6) is 0. The Kier molecular flexibility index (Phi) is 6.43. The van der Waals surface area contributed by atoms with E-state index in [-0.39, 0.29) is 6.10 Å². The van der Waals surface area contributed by atoms with Crippen molar-refractivity contribution in [3.05, 3.63) is 35.9 Å². The number of benzene rings is 1. The molecule has 0 saturated carbocycles. The van der Waals surface area contributed by atoms with Crippen molar-refractivity contribution in [3.8, 4) is 0 Å². The molecule has 0 aliphatic carbocycles. The summed E-state index contributed by atoms with van der Waals surface area (Å²) >= 11 is 0. The minimum atomic E-state index is -1.99. The second-order valence-electron chi connectivity index (χ2n) is 7.59. The molecule has 1 aromatic carbocycles. The highest BCUT2D eigenvalue weighted by Gasteiger charge is 2.48. The van der Waals surface area contributed by atoms with Crippen molar-refractivity contribution in [2.75, 3.05) is 0 Å². The molecule has 0 fully saturated rings. The minimum absolute atomic E-state index is 0.228. The first-order valence-electron chi connectivity index (χ1n) is 8.52. The maximum atomic E-state index is 11.1. The summed E-state index contributed by atoms with van der Waals surface area (Å²) in [5, 5.41) is 11.1. The van der Waals surface area contributed by atoms with Gasteiger partial charge in [0.15, 0.2) is 0 Å². The lowest BCUT2D eigenvalue weighted by molar-refractivity contribution is -0.0516. The van der Waals surface area contributed by atoms with Gasteiger partial charge in [0.2, 0.25) is 8.32 Å². The maximum Gasteiger partial charge on any atom is 0.200 e. The molecule has 0 saturated heterocycles. The van der Waals surface area contributed by atoms with Gasteiger partial charge in [-0.1, -0.05) is 71.9 Å². The van der Waals surface area contributed by atoms with E-state index in [0.29, 0.717) is 16.6 Å². The molecule has 0 aliphatic heterocycles. The highest BCUT2D eigenvalue weighted by molar-refractivity contribution is 6.77. The highest BCUT2D eigenvalue weighted by atomic mass is 28.4. The van der Waals surface area contributed by atoms with Crippen LogP contribution in [-0.2, 0) is 10.0 Å². The molecule has 22 heavy (non-hydrogen) atoms. The molecule has 0 bridgehead atoms. The Bertz CT molecular complexity index is 430. The van der Waals surface area contributed by atoms with Crippen molar-refractivity contribution >= 4 is 8.32 Å². The summed E-state index contributed by atoms with van der Waals surface area (Å²) < 4.78 is 6.73. The molecule has 126 valence electrons. The van der Waals surface area contributed by atoms with Crippen molar-refractivity contribution in [2.24, 2.45) is 0 Å². The van der Waals surface area contributed by atoms with Crippen LogP contribution >= 0.6 is 0 Å². The van der Waals surface area contributed by atoms with Crippen LogP contribution in [0.3, 0.4) is 0 Å². The predicted octanol–water partition coefficient (Wildman–Crippen LogP) is 5.47. The molecule has 1 rings (SSSR count). The Morgan fingerprint density at radius 3 is 1.64 bits per heavy atom. The van der Waals surface area contributed by atoms with Gasteiger partial charge >= 0.3 is 0 Å². The van der Waals surface area contributed by atoms with Crippen LogP contribution in [0.15, 0.2) is 30.3 Å². The summed E-state index contributed by atoms with van der Waals surface area (Å²) in [6.45, 7) is 17.5. The van der Waals surface area contributed by atoms with Crippen LogP contribution in [0.25, 0.3) is 0 Å². The van der Waals surface area contributed by atoms with Gasteiger partial charge in [0, 0.05) is 0 Å². The van der Waals surface area contributed by atoms with E-state index in [1.54, 1.807) is 0 Å². The Balaban J connectivity index is 3.13. The van der Waals surface area contributed by atoms with E-state index in [1.807, 2.05) is 44.2 Å². The minimum Gasteiger partial charge on any atom is -0.410 e. The fourth-order valence-corrected chi connectivity index (χ4v) is 9.50.